The van der Waals surface area contributed by atoms with Crippen molar-refractivity contribution in [2.75, 3.05) is 7.11 Å². The van der Waals surface area contributed by atoms with Gasteiger partial charge in [0.05, 0.1) is 13.2 Å². The zero-order valence-electron chi connectivity index (χ0n) is 15.8. The van der Waals surface area contributed by atoms with Crippen molar-refractivity contribution in [1.82, 2.24) is 0 Å². The highest BCUT2D eigenvalue weighted by molar-refractivity contribution is 6.74. The molecule has 3 atom stereocenters. The summed E-state index contributed by atoms with van der Waals surface area (Å²) in [5, 5.41) is 0.0577. The zero-order valence-corrected chi connectivity index (χ0v) is 16.8. The Hall–Kier alpha value is -0.693. The molecule has 0 spiro atoms. The predicted octanol–water partition coefficient (Wildman–Crippen LogP) is 3.65. The van der Waals surface area contributed by atoms with Gasteiger partial charge in [0.2, 0.25) is 0 Å². The molecule has 1 saturated heterocycles. The Bertz CT molecular complexity index is 439. The molecule has 6 heteroatoms. The zero-order chi connectivity index (χ0) is 18.1. The molecule has 0 radical (unpaired) electrons. The number of carbonyl (C=O) groups excluding carboxylic acids is 1. The quantitative estimate of drug-likeness (QED) is 0.418. The third kappa shape index (κ3) is 4.89. The first-order valence-electron chi connectivity index (χ1n) is 8.07. The van der Waals surface area contributed by atoms with Crippen LogP contribution in [0.4, 0.5) is 0 Å². The van der Waals surface area contributed by atoms with E-state index >= 15 is 0 Å². The number of rotatable bonds is 6. The SMILES string of the molecule is C=CC[C@@H](O[Si](C)(C)C(C)(C)C)[C@@H]1OC(C)(C)O[C@@H]1C(=O)OC. The maximum atomic E-state index is 12.1. The molecule has 1 aliphatic heterocycles. The lowest BCUT2D eigenvalue weighted by Crippen LogP contribution is -2.50. The third-order valence-corrected chi connectivity index (χ3v) is 9.08. The van der Waals surface area contributed by atoms with Crippen molar-refractivity contribution in [2.24, 2.45) is 0 Å². The number of carbonyl (C=O) groups is 1. The lowest BCUT2D eigenvalue weighted by Gasteiger charge is -2.40. The maximum absolute atomic E-state index is 12.1. The van der Waals surface area contributed by atoms with Crippen LogP contribution < -0.4 is 0 Å². The minimum absolute atomic E-state index is 0.0577. The molecule has 0 unspecified atom stereocenters. The summed E-state index contributed by atoms with van der Waals surface area (Å²) in [4.78, 5) is 12.1. The molecule has 0 bridgehead atoms. The normalized spacial score (nSPS) is 25.9. The number of esters is 1. The average molecular weight is 345 g/mol. The molecule has 0 N–H and O–H groups in total. The summed E-state index contributed by atoms with van der Waals surface area (Å²) in [5.74, 6) is -1.28. The van der Waals surface area contributed by atoms with E-state index in [-0.39, 0.29) is 11.1 Å². The fraction of sp³-hybridized carbons (Fsp3) is 0.824. The summed E-state index contributed by atoms with van der Waals surface area (Å²) >= 11 is 0. The monoisotopic (exact) mass is 344 g/mol. The van der Waals surface area contributed by atoms with E-state index in [1.54, 1.807) is 19.9 Å². The van der Waals surface area contributed by atoms with Crippen LogP contribution in [-0.2, 0) is 23.4 Å². The molecule has 134 valence electrons. The van der Waals surface area contributed by atoms with E-state index in [0.29, 0.717) is 6.42 Å². The fourth-order valence-corrected chi connectivity index (χ4v) is 3.67. The van der Waals surface area contributed by atoms with Gasteiger partial charge in [0.15, 0.2) is 20.2 Å². The van der Waals surface area contributed by atoms with Crippen LogP contribution in [0.25, 0.3) is 0 Å². The standard InChI is InChI=1S/C17H32O5Si/c1-10-11-12(22-23(8,9)16(2,3)4)13-14(15(18)19-7)21-17(5,6)20-13/h10,12-14H,1,11H2,2-9H3/t12-,13+,14+/m1/s1. The van der Waals surface area contributed by atoms with Crippen molar-refractivity contribution >= 4 is 14.3 Å². The van der Waals surface area contributed by atoms with Crippen molar-refractivity contribution in [2.45, 2.75) is 83.3 Å². The van der Waals surface area contributed by atoms with E-state index in [2.05, 4.69) is 40.4 Å². The Balaban J connectivity index is 3.07. The topological polar surface area (TPSA) is 54.0 Å². The molecular weight excluding hydrogens is 312 g/mol. The van der Waals surface area contributed by atoms with Gasteiger partial charge in [0, 0.05) is 0 Å². The van der Waals surface area contributed by atoms with Gasteiger partial charge >= 0.3 is 5.97 Å². The van der Waals surface area contributed by atoms with E-state index in [1.165, 1.54) is 7.11 Å². The van der Waals surface area contributed by atoms with Crippen LogP contribution in [0.15, 0.2) is 12.7 Å². The molecule has 0 amide bonds. The van der Waals surface area contributed by atoms with Gasteiger partial charge in [-0.1, -0.05) is 26.8 Å². The Morgan fingerprint density at radius 3 is 2.35 bits per heavy atom. The van der Waals surface area contributed by atoms with Gasteiger partial charge in [0.1, 0.15) is 6.10 Å². The molecule has 0 aromatic carbocycles. The van der Waals surface area contributed by atoms with Crippen molar-refractivity contribution in [3.8, 4) is 0 Å². The largest absolute Gasteiger partial charge is 0.467 e. The van der Waals surface area contributed by atoms with E-state index in [1.807, 2.05) is 0 Å². The minimum Gasteiger partial charge on any atom is -0.467 e. The first-order chi connectivity index (χ1) is 10.3. The van der Waals surface area contributed by atoms with Crippen LogP contribution in [-0.4, -0.2) is 45.5 Å². The molecule has 23 heavy (non-hydrogen) atoms. The number of hydrogen-bond acceptors (Lipinski definition) is 5. The van der Waals surface area contributed by atoms with Crippen molar-refractivity contribution in [3.63, 3.8) is 0 Å². The summed E-state index contributed by atoms with van der Waals surface area (Å²) in [6, 6.07) is 0. The third-order valence-electron chi connectivity index (χ3n) is 4.58. The fourth-order valence-electron chi connectivity index (χ4n) is 2.33. The summed E-state index contributed by atoms with van der Waals surface area (Å²) in [7, 11) is -0.677. The highest BCUT2D eigenvalue weighted by Crippen LogP contribution is 2.40. The lowest BCUT2D eigenvalue weighted by molar-refractivity contribution is -0.169. The first-order valence-corrected chi connectivity index (χ1v) is 11.0. The van der Waals surface area contributed by atoms with E-state index < -0.39 is 32.3 Å². The van der Waals surface area contributed by atoms with E-state index in [4.69, 9.17) is 18.6 Å². The van der Waals surface area contributed by atoms with Crippen LogP contribution in [0.3, 0.4) is 0 Å². The van der Waals surface area contributed by atoms with Crippen molar-refractivity contribution in [1.29, 1.82) is 0 Å². The summed E-state index contributed by atoms with van der Waals surface area (Å²) < 4.78 is 23.1. The summed E-state index contributed by atoms with van der Waals surface area (Å²) in [6.45, 7) is 18.3. The van der Waals surface area contributed by atoms with Crippen LogP contribution in [0, 0.1) is 0 Å². The van der Waals surface area contributed by atoms with Crippen LogP contribution in [0.5, 0.6) is 0 Å². The average Bonchev–Trinajstić information content (AvgIpc) is 2.72. The summed E-state index contributed by atoms with van der Waals surface area (Å²) in [5.41, 5.74) is 0. The maximum Gasteiger partial charge on any atom is 0.337 e. The first kappa shape index (κ1) is 20.4. The smallest absolute Gasteiger partial charge is 0.337 e. The molecule has 0 saturated carbocycles. The van der Waals surface area contributed by atoms with Gasteiger partial charge < -0.3 is 18.6 Å². The molecule has 1 fully saturated rings. The van der Waals surface area contributed by atoms with Gasteiger partial charge in [-0.05, 0) is 38.4 Å². The highest BCUT2D eigenvalue weighted by atomic mass is 28.4. The van der Waals surface area contributed by atoms with Crippen molar-refractivity contribution < 1.29 is 23.4 Å². The lowest BCUT2D eigenvalue weighted by atomic mass is 10.1. The molecule has 5 nitrogen and oxygen atoms in total. The van der Waals surface area contributed by atoms with Crippen LogP contribution in [0.2, 0.25) is 18.1 Å². The highest BCUT2D eigenvalue weighted by Gasteiger charge is 2.51. The molecule has 1 heterocycles. The Morgan fingerprint density at radius 1 is 1.35 bits per heavy atom. The Labute approximate surface area is 141 Å². The van der Waals surface area contributed by atoms with E-state index in [0.717, 1.165) is 0 Å². The van der Waals surface area contributed by atoms with Gasteiger partial charge in [-0.2, -0.15) is 0 Å². The molecular formula is C17H32O5Si. The second kappa shape index (κ2) is 7.05. The number of hydrogen-bond donors (Lipinski definition) is 0. The van der Waals surface area contributed by atoms with Gasteiger partial charge in [-0.15, -0.1) is 6.58 Å². The second-order valence-electron chi connectivity index (χ2n) is 7.98. The summed E-state index contributed by atoms with van der Waals surface area (Å²) in [6.07, 6.45) is 0.791. The molecule has 1 aliphatic rings. The van der Waals surface area contributed by atoms with Crippen molar-refractivity contribution in [3.05, 3.63) is 12.7 Å². The molecule has 0 aliphatic carbocycles. The minimum atomic E-state index is -2.03. The predicted molar refractivity (Wildman–Crippen MR) is 92.7 cm³/mol. The second-order valence-corrected chi connectivity index (χ2v) is 12.7. The van der Waals surface area contributed by atoms with Gasteiger partial charge in [0.25, 0.3) is 0 Å². The Kier molecular flexibility index (Phi) is 6.24. The number of ether oxygens (including phenoxy) is 3. The van der Waals surface area contributed by atoms with E-state index in [9.17, 15) is 4.79 Å². The van der Waals surface area contributed by atoms with Crippen LogP contribution >= 0.6 is 0 Å². The Morgan fingerprint density at radius 2 is 1.91 bits per heavy atom. The van der Waals surface area contributed by atoms with Gasteiger partial charge in [-0.3, -0.25) is 0 Å². The molecule has 0 aromatic heterocycles. The van der Waals surface area contributed by atoms with Gasteiger partial charge in [-0.25, -0.2) is 4.79 Å². The molecule has 1 rings (SSSR count). The van der Waals surface area contributed by atoms with Crippen LogP contribution in [0.1, 0.15) is 41.0 Å². The number of methoxy groups -OCH3 is 1. The molecule has 0 aromatic rings.